The van der Waals surface area contributed by atoms with Gasteiger partial charge in [0.25, 0.3) is 0 Å². The Labute approximate surface area is 164 Å². The van der Waals surface area contributed by atoms with E-state index in [2.05, 4.69) is 10.3 Å². The summed E-state index contributed by atoms with van der Waals surface area (Å²) in [4.78, 5) is 31.2. The standard InChI is InChI=1S/C21H25N3O4/c1-21(20(26)23-13-15-5-4-10-22-12-15)9-8-19(25)24(21)14-16-6-7-17(27-2)11-18(16)28-3/h4-7,10-12H,8-9,13-14H2,1-3H3,(H,23,26)/t21-/m1/s1. The summed E-state index contributed by atoms with van der Waals surface area (Å²) in [7, 11) is 3.16. The van der Waals surface area contributed by atoms with Crippen LogP contribution >= 0.6 is 0 Å². The molecule has 2 amide bonds. The minimum Gasteiger partial charge on any atom is -0.497 e. The molecule has 1 atom stereocenters. The lowest BCUT2D eigenvalue weighted by molar-refractivity contribution is -0.141. The van der Waals surface area contributed by atoms with Crippen LogP contribution in [0.1, 0.15) is 30.9 Å². The van der Waals surface area contributed by atoms with E-state index in [0.29, 0.717) is 37.4 Å². The second kappa shape index (κ2) is 8.29. The predicted octanol–water partition coefficient (Wildman–Crippen LogP) is 2.30. The van der Waals surface area contributed by atoms with E-state index in [1.165, 1.54) is 0 Å². The largest absolute Gasteiger partial charge is 0.497 e. The van der Waals surface area contributed by atoms with Gasteiger partial charge in [-0.25, -0.2) is 0 Å². The van der Waals surface area contributed by atoms with Crippen molar-refractivity contribution >= 4 is 11.8 Å². The summed E-state index contributed by atoms with van der Waals surface area (Å²) in [5, 5.41) is 2.94. The number of likely N-dealkylation sites (tertiary alicyclic amines) is 1. The molecular formula is C21H25N3O4. The predicted molar refractivity (Wildman–Crippen MR) is 104 cm³/mol. The molecule has 0 radical (unpaired) electrons. The molecule has 0 saturated carbocycles. The Morgan fingerprint density at radius 2 is 2.11 bits per heavy atom. The molecule has 1 fully saturated rings. The minimum absolute atomic E-state index is 0.0445. The van der Waals surface area contributed by atoms with Crippen LogP contribution in [0.3, 0.4) is 0 Å². The summed E-state index contributed by atoms with van der Waals surface area (Å²) >= 11 is 0. The monoisotopic (exact) mass is 383 g/mol. The van der Waals surface area contributed by atoms with Crippen molar-refractivity contribution in [3.63, 3.8) is 0 Å². The van der Waals surface area contributed by atoms with E-state index in [0.717, 1.165) is 11.1 Å². The quantitative estimate of drug-likeness (QED) is 0.793. The molecule has 0 unspecified atom stereocenters. The van der Waals surface area contributed by atoms with E-state index in [9.17, 15) is 9.59 Å². The van der Waals surface area contributed by atoms with Crippen molar-refractivity contribution in [2.75, 3.05) is 14.2 Å². The second-order valence-corrected chi connectivity index (χ2v) is 6.98. The van der Waals surface area contributed by atoms with Gasteiger partial charge in [-0.05, 0) is 37.1 Å². The van der Waals surface area contributed by atoms with Crippen LogP contribution in [0, 0.1) is 0 Å². The fourth-order valence-electron chi connectivity index (χ4n) is 3.42. The first-order chi connectivity index (χ1) is 13.5. The van der Waals surface area contributed by atoms with Crippen molar-refractivity contribution in [1.29, 1.82) is 0 Å². The number of benzene rings is 1. The Balaban J connectivity index is 1.77. The Morgan fingerprint density at radius 3 is 2.79 bits per heavy atom. The van der Waals surface area contributed by atoms with E-state index < -0.39 is 5.54 Å². The number of hydrogen-bond donors (Lipinski definition) is 1. The van der Waals surface area contributed by atoms with E-state index in [1.54, 1.807) is 37.6 Å². The van der Waals surface area contributed by atoms with Gasteiger partial charge in [0.1, 0.15) is 17.0 Å². The van der Waals surface area contributed by atoms with Gasteiger partial charge in [-0.15, -0.1) is 0 Å². The van der Waals surface area contributed by atoms with Crippen molar-refractivity contribution in [2.24, 2.45) is 0 Å². The average Bonchev–Trinajstić information content (AvgIpc) is 3.02. The molecule has 2 heterocycles. The zero-order chi connectivity index (χ0) is 20.1. The highest BCUT2D eigenvalue weighted by Crippen LogP contribution is 2.34. The number of methoxy groups -OCH3 is 2. The molecule has 7 heteroatoms. The van der Waals surface area contributed by atoms with Gasteiger partial charge in [-0.1, -0.05) is 6.07 Å². The smallest absolute Gasteiger partial charge is 0.245 e. The van der Waals surface area contributed by atoms with Crippen molar-refractivity contribution in [3.8, 4) is 11.5 Å². The number of nitrogens with zero attached hydrogens (tertiary/aromatic N) is 2. The lowest BCUT2D eigenvalue weighted by Gasteiger charge is -2.34. The Hall–Kier alpha value is -3.09. The van der Waals surface area contributed by atoms with Crippen LogP contribution in [-0.2, 0) is 22.7 Å². The molecule has 1 aliphatic rings. The number of carbonyl (C=O) groups excluding carboxylic acids is 2. The third-order valence-corrected chi connectivity index (χ3v) is 5.21. The molecule has 2 aromatic rings. The maximum absolute atomic E-state index is 13.0. The van der Waals surface area contributed by atoms with Gasteiger partial charge in [-0.2, -0.15) is 0 Å². The molecule has 28 heavy (non-hydrogen) atoms. The van der Waals surface area contributed by atoms with Gasteiger partial charge in [0.2, 0.25) is 11.8 Å². The molecule has 7 nitrogen and oxygen atoms in total. The number of ether oxygens (including phenoxy) is 2. The maximum Gasteiger partial charge on any atom is 0.245 e. The SMILES string of the molecule is COc1ccc(CN2C(=O)CC[C@]2(C)C(=O)NCc2cccnc2)c(OC)c1. The molecule has 0 bridgehead atoms. The lowest BCUT2D eigenvalue weighted by Crippen LogP contribution is -2.53. The van der Waals surface area contributed by atoms with Crippen LogP contribution in [0.5, 0.6) is 11.5 Å². The Kier molecular flexibility index (Phi) is 5.82. The normalized spacial score (nSPS) is 18.8. The van der Waals surface area contributed by atoms with Crippen LogP contribution in [-0.4, -0.2) is 41.5 Å². The van der Waals surface area contributed by atoms with Gasteiger partial charge in [-0.3, -0.25) is 14.6 Å². The van der Waals surface area contributed by atoms with Gasteiger partial charge >= 0.3 is 0 Å². The number of rotatable bonds is 7. The van der Waals surface area contributed by atoms with E-state index >= 15 is 0 Å². The van der Waals surface area contributed by atoms with Gasteiger partial charge in [0.05, 0.1) is 20.8 Å². The molecule has 1 aromatic heterocycles. The zero-order valence-electron chi connectivity index (χ0n) is 16.4. The molecule has 148 valence electrons. The number of pyridine rings is 1. The van der Waals surface area contributed by atoms with Gasteiger partial charge in [0, 0.05) is 37.0 Å². The van der Waals surface area contributed by atoms with Crippen LogP contribution < -0.4 is 14.8 Å². The Morgan fingerprint density at radius 1 is 1.29 bits per heavy atom. The summed E-state index contributed by atoms with van der Waals surface area (Å²) in [6.45, 7) is 2.48. The molecule has 0 spiro atoms. The van der Waals surface area contributed by atoms with Crippen molar-refractivity contribution in [2.45, 2.75) is 38.4 Å². The van der Waals surface area contributed by atoms with Crippen LogP contribution in [0.2, 0.25) is 0 Å². The first-order valence-electron chi connectivity index (χ1n) is 9.16. The first-order valence-corrected chi connectivity index (χ1v) is 9.16. The summed E-state index contributed by atoms with van der Waals surface area (Å²) in [6.07, 6.45) is 4.22. The number of nitrogens with one attached hydrogen (secondary N) is 1. The lowest BCUT2D eigenvalue weighted by atomic mass is 9.96. The number of aromatic nitrogens is 1. The molecule has 1 aromatic carbocycles. The van der Waals surface area contributed by atoms with Crippen LogP contribution in [0.15, 0.2) is 42.7 Å². The van der Waals surface area contributed by atoms with Crippen LogP contribution in [0.25, 0.3) is 0 Å². The van der Waals surface area contributed by atoms with Gasteiger partial charge in [0.15, 0.2) is 0 Å². The molecule has 1 saturated heterocycles. The number of hydrogen-bond acceptors (Lipinski definition) is 5. The highest BCUT2D eigenvalue weighted by atomic mass is 16.5. The topological polar surface area (TPSA) is 80.8 Å². The highest BCUT2D eigenvalue weighted by Gasteiger charge is 2.47. The van der Waals surface area contributed by atoms with Gasteiger partial charge < -0.3 is 19.7 Å². The van der Waals surface area contributed by atoms with Crippen molar-refractivity contribution < 1.29 is 19.1 Å². The van der Waals surface area contributed by atoms with E-state index in [1.807, 2.05) is 31.2 Å². The highest BCUT2D eigenvalue weighted by molar-refractivity contribution is 5.94. The number of carbonyl (C=O) groups is 2. The van der Waals surface area contributed by atoms with E-state index in [4.69, 9.17) is 9.47 Å². The summed E-state index contributed by atoms with van der Waals surface area (Å²) in [5.74, 6) is 1.08. The van der Waals surface area contributed by atoms with Crippen molar-refractivity contribution in [3.05, 3.63) is 53.9 Å². The third kappa shape index (κ3) is 3.93. The minimum atomic E-state index is -0.912. The average molecular weight is 383 g/mol. The third-order valence-electron chi connectivity index (χ3n) is 5.21. The second-order valence-electron chi connectivity index (χ2n) is 6.98. The molecule has 0 aliphatic carbocycles. The van der Waals surface area contributed by atoms with E-state index in [-0.39, 0.29) is 11.8 Å². The number of amides is 2. The fourth-order valence-corrected chi connectivity index (χ4v) is 3.42. The molecule has 1 N–H and O–H groups in total. The molecule has 1 aliphatic heterocycles. The molecular weight excluding hydrogens is 358 g/mol. The first kappa shape index (κ1) is 19.7. The Bertz CT molecular complexity index is 856. The summed E-state index contributed by atoms with van der Waals surface area (Å²) < 4.78 is 10.7. The molecule has 3 rings (SSSR count). The van der Waals surface area contributed by atoms with Crippen LogP contribution in [0.4, 0.5) is 0 Å². The fraction of sp³-hybridized carbons (Fsp3) is 0.381. The summed E-state index contributed by atoms with van der Waals surface area (Å²) in [5.41, 5.74) is 0.821. The van der Waals surface area contributed by atoms with Crippen molar-refractivity contribution in [1.82, 2.24) is 15.2 Å². The maximum atomic E-state index is 13.0. The zero-order valence-corrected chi connectivity index (χ0v) is 16.4. The summed E-state index contributed by atoms with van der Waals surface area (Å²) in [6, 6.07) is 9.17.